The van der Waals surface area contributed by atoms with Crippen molar-refractivity contribution in [2.24, 2.45) is 0 Å². The van der Waals surface area contributed by atoms with Gasteiger partial charge in [0.05, 0.1) is 16.6 Å². The second-order valence-corrected chi connectivity index (χ2v) is 7.55. The Hall–Kier alpha value is -3.93. The van der Waals surface area contributed by atoms with Gasteiger partial charge in [0.25, 0.3) is 5.91 Å². The highest BCUT2D eigenvalue weighted by Gasteiger charge is 2.17. The Morgan fingerprint density at radius 3 is 2.42 bits per heavy atom. The molecule has 0 spiro atoms. The predicted molar refractivity (Wildman–Crippen MR) is 121 cm³/mol. The molecule has 0 aliphatic rings. The third kappa shape index (κ3) is 4.64. The van der Waals surface area contributed by atoms with Crippen LogP contribution in [0.4, 0.5) is 5.69 Å². The van der Waals surface area contributed by atoms with Gasteiger partial charge in [-0.05, 0) is 41.8 Å². The standard InChI is InChI=1S/C25H23N3O3/c1-16(2)17-11-13-18(14-12-17)26-23(29)15-31-25(30)20-8-4-3-7-19(20)24-27-21-9-5-6-10-22(21)28-24/h3-14,16H,15H2,1-2H3,(H,26,29)(H,27,28). The lowest BCUT2D eigenvalue weighted by Crippen LogP contribution is -2.21. The van der Waals surface area contributed by atoms with Crippen LogP contribution in [0.1, 0.15) is 35.7 Å². The molecule has 0 radical (unpaired) electrons. The van der Waals surface area contributed by atoms with Gasteiger partial charge in [-0.3, -0.25) is 4.79 Å². The average molecular weight is 413 g/mol. The largest absolute Gasteiger partial charge is 0.452 e. The molecule has 6 heteroatoms. The number of fused-ring (bicyclic) bond motifs is 1. The fraction of sp³-hybridized carbons (Fsp3) is 0.160. The molecule has 1 amide bonds. The Kier molecular flexibility index (Phi) is 5.80. The summed E-state index contributed by atoms with van der Waals surface area (Å²) in [7, 11) is 0. The lowest BCUT2D eigenvalue weighted by Gasteiger charge is -2.10. The zero-order chi connectivity index (χ0) is 21.8. The maximum absolute atomic E-state index is 12.7. The number of H-pyrrole nitrogens is 1. The first kappa shape index (κ1) is 20.3. The van der Waals surface area contributed by atoms with Gasteiger partial charge in [-0.15, -0.1) is 0 Å². The molecule has 31 heavy (non-hydrogen) atoms. The van der Waals surface area contributed by atoms with Crippen LogP contribution in [-0.2, 0) is 9.53 Å². The van der Waals surface area contributed by atoms with Gasteiger partial charge in [-0.2, -0.15) is 0 Å². The quantitative estimate of drug-likeness (QED) is 0.428. The average Bonchev–Trinajstić information content (AvgIpc) is 3.22. The number of carbonyl (C=O) groups excluding carboxylic acids is 2. The van der Waals surface area contributed by atoms with Gasteiger partial charge < -0.3 is 15.0 Å². The summed E-state index contributed by atoms with van der Waals surface area (Å²) >= 11 is 0. The van der Waals surface area contributed by atoms with Crippen LogP contribution in [-0.4, -0.2) is 28.5 Å². The van der Waals surface area contributed by atoms with Gasteiger partial charge in [0.1, 0.15) is 5.82 Å². The van der Waals surface area contributed by atoms with E-state index in [1.807, 2.05) is 54.6 Å². The van der Waals surface area contributed by atoms with Gasteiger partial charge in [-0.1, -0.05) is 56.3 Å². The minimum atomic E-state index is -0.582. The number of anilines is 1. The molecule has 0 fully saturated rings. The first-order valence-corrected chi connectivity index (χ1v) is 10.1. The Labute approximate surface area is 180 Å². The van der Waals surface area contributed by atoms with Crippen LogP contribution in [0.25, 0.3) is 22.4 Å². The van der Waals surface area contributed by atoms with E-state index in [4.69, 9.17) is 4.74 Å². The molecule has 1 aromatic heterocycles. The van der Waals surface area contributed by atoms with E-state index < -0.39 is 11.9 Å². The lowest BCUT2D eigenvalue weighted by atomic mass is 10.0. The number of nitrogens with one attached hydrogen (secondary N) is 2. The topological polar surface area (TPSA) is 84.1 Å². The van der Waals surface area contributed by atoms with E-state index >= 15 is 0 Å². The maximum Gasteiger partial charge on any atom is 0.339 e. The lowest BCUT2D eigenvalue weighted by molar-refractivity contribution is -0.119. The molecule has 0 unspecified atom stereocenters. The Morgan fingerprint density at radius 2 is 1.68 bits per heavy atom. The van der Waals surface area contributed by atoms with Gasteiger partial charge in [-0.25, -0.2) is 9.78 Å². The summed E-state index contributed by atoms with van der Waals surface area (Å²) in [6.45, 7) is 3.84. The zero-order valence-electron chi connectivity index (χ0n) is 17.4. The molecule has 6 nitrogen and oxygen atoms in total. The first-order valence-electron chi connectivity index (χ1n) is 10.1. The SMILES string of the molecule is CC(C)c1ccc(NC(=O)COC(=O)c2ccccc2-c2nc3ccccc3[nH]2)cc1. The number of nitrogens with zero attached hydrogens (tertiary/aromatic N) is 1. The van der Waals surface area contributed by atoms with Crippen molar-refractivity contribution in [3.8, 4) is 11.4 Å². The number of benzene rings is 3. The normalized spacial score (nSPS) is 10.9. The second-order valence-electron chi connectivity index (χ2n) is 7.55. The summed E-state index contributed by atoms with van der Waals surface area (Å²) < 4.78 is 5.27. The molecule has 0 saturated carbocycles. The van der Waals surface area contributed by atoms with E-state index in [-0.39, 0.29) is 6.61 Å². The second kappa shape index (κ2) is 8.83. The van der Waals surface area contributed by atoms with Crippen LogP contribution in [0.15, 0.2) is 72.8 Å². The maximum atomic E-state index is 12.7. The number of carbonyl (C=O) groups is 2. The van der Waals surface area contributed by atoms with Crippen molar-refractivity contribution in [1.29, 1.82) is 0 Å². The van der Waals surface area contributed by atoms with Crippen molar-refractivity contribution in [2.45, 2.75) is 19.8 Å². The molecule has 0 aliphatic carbocycles. The smallest absolute Gasteiger partial charge is 0.339 e. The molecule has 4 aromatic rings. The van der Waals surface area contributed by atoms with Crippen molar-refractivity contribution in [3.05, 3.63) is 83.9 Å². The van der Waals surface area contributed by atoms with Gasteiger partial charge in [0.2, 0.25) is 0 Å². The fourth-order valence-electron chi connectivity index (χ4n) is 3.31. The number of rotatable bonds is 6. The molecule has 0 atom stereocenters. The van der Waals surface area contributed by atoms with Crippen LogP contribution >= 0.6 is 0 Å². The summed E-state index contributed by atoms with van der Waals surface area (Å²) in [4.78, 5) is 32.7. The van der Waals surface area contributed by atoms with Crippen LogP contribution < -0.4 is 5.32 Å². The predicted octanol–water partition coefficient (Wildman–Crippen LogP) is 5.15. The number of esters is 1. The summed E-state index contributed by atoms with van der Waals surface area (Å²) in [5.74, 6) is 0.00852. The zero-order valence-corrected chi connectivity index (χ0v) is 17.4. The highest BCUT2D eigenvalue weighted by molar-refractivity contribution is 5.99. The molecule has 156 valence electrons. The number of ether oxygens (including phenoxy) is 1. The van der Waals surface area contributed by atoms with Crippen molar-refractivity contribution in [3.63, 3.8) is 0 Å². The third-order valence-corrected chi connectivity index (χ3v) is 4.99. The molecule has 2 N–H and O–H groups in total. The van der Waals surface area contributed by atoms with E-state index in [1.54, 1.807) is 18.2 Å². The third-order valence-electron chi connectivity index (χ3n) is 4.99. The molecule has 0 aliphatic heterocycles. The number of amides is 1. The van der Waals surface area contributed by atoms with E-state index in [0.29, 0.717) is 28.6 Å². The number of para-hydroxylation sites is 2. The van der Waals surface area contributed by atoms with Crippen LogP contribution in [0, 0.1) is 0 Å². The Morgan fingerprint density at radius 1 is 0.968 bits per heavy atom. The fourth-order valence-corrected chi connectivity index (χ4v) is 3.31. The number of hydrogen-bond acceptors (Lipinski definition) is 4. The molecule has 0 saturated heterocycles. The van der Waals surface area contributed by atoms with E-state index in [0.717, 1.165) is 11.0 Å². The van der Waals surface area contributed by atoms with Crippen LogP contribution in [0.3, 0.4) is 0 Å². The minimum absolute atomic E-state index is 0.343. The highest BCUT2D eigenvalue weighted by Crippen LogP contribution is 2.24. The monoisotopic (exact) mass is 413 g/mol. The Bertz CT molecular complexity index is 1190. The molecular weight excluding hydrogens is 390 g/mol. The number of imidazole rings is 1. The van der Waals surface area contributed by atoms with E-state index in [2.05, 4.69) is 29.1 Å². The van der Waals surface area contributed by atoms with Gasteiger partial charge >= 0.3 is 5.97 Å². The van der Waals surface area contributed by atoms with Gasteiger partial charge in [0, 0.05) is 11.3 Å². The molecule has 3 aromatic carbocycles. The summed E-state index contributed by atoms with van der Waals surface area (Å²) in [6.07, 6.45) is 0. The molecule has 1 heterocycles. The minimum Gasteiger partial charge on any atom is -0.452 e. The Balaban J connectivity index is 1.43. The van der Waals surface area contributed by atoms with Crippen molar-refractivity contribution >= 4 is 28.6 Å². The molecular formula is C25H23N3O3. The van der Waals surface area contributed by atoms with E-state index in [1.165, 1.54) is 5.56 Å². The summed E-state index contributed by atoms with van der Waals surface area (Å²) in [6, 6.07) is 22.3. The van der Waals surface area contributed by atoms with Gasteiger partial charge in [0.15, 0.2) is 6.61 Å². The summed E-state index contributed by atoms with van der Waals surface area (Å²) in [5.41, 5.74) is 4.50. The first-order chi connectivity index (χ1) is 15.0. The summed E-state index contributed by atoms with van der Waals surface area (Å²) in [5, 5.41) is 2.74. The van der Waals surface area contributed by atoms with Crippen LogP contribution in [0.5, 0.6) is 0 Å². The van der Waals surface area contributed by atoms with Crippen molar-refractivity contribution in [1.82, 2.24) is 9.97 Å². The van der Waals surface area contributed by atoms with Crippen molar-refractivity contribution < 1.29 is 14.3 Å². The number of aromatic amines is 1. The molecule has 4 rings (SSSR count). The van der Waals surface area contributed by atoms with Crippen LogP contribution in [0.2, 0.25) is 0 Å². The molecule has 0 bridgehead atoms. The number of hydrogen-bond donors (Lipinski definition) is 2. The van der Waals surface area contributed by atoms with E-state index in [9.17, 15) is 9.59 Å². The highest BCUT2D eigenvalue weighted by atomic mass is 16.5. The van der Waals surface area contributed by atoms with Crippen molar-refractivity contribution in [2.75, 3.05) is 11.9 Å². The number of aromatic nitrogens is 2.